The second-order valence-corrected chi connectivity index (χ2v) is 6.58. The molecule has 0 amide bonds. The Balaban J connectivity index is 1.96. The Kier molecular flexibility index (Phi) is 4.45. The number of aromatic nitrogens is 1. The lowest BCUT2D eigenvalue weighted by Crippen LogP contribution is -2.56. The molecule has 2 heterocycles. The number of nitrogens with zero attached hydrogens (tertiary/aromatic N) is 2. The molecule has 1 saturated heterocycles. The Bertz CT molecular complexity index is 462. The summed E-state index contributed by atoms with van der Waals surface area (Å²) in [6.07, 6.45) is 13.0. The summed E-state index contributed by atoms with van der Waals surface area (Å²) in [5.74, 6) is 0. The van der Waals surface area contributed by atoms with Gasteiger partial charge in [0.1, 0.15) is 0 Å². The summed E-state index contributed by atoms with van der Waals surface area (Å²) >= 11 is 0. The smallest absolute Gasteiger partial charge is 0.0540 e. The van der Waals surface area contributed by atoms with Crippen molar-refractivity contribution in [1.29, 1.82) is 0 Å². The molecule has 4 heteroatoms. The van der Waals surface area contributed by atoms with Gasteiger partial charge in [-0.25, -0.2) is 0 Å². The van der Waals surface area contributed by atoms with E-state index in [1.54, 1.807) is 6.20 Å². The van der Waals surface area contributed by atoms with E-state index in [4.69, 9.17) is 5.73 Å². The van der Waals surface area contributed by atoms with Crippen LogP contribution in [0.4, 0.5) is 5.69 Å². The van der Waals surface area contributed by atoms with Crippen LogP contribution in [-0.4, -0.2) is 35.6 Å². The van der Waals surface area contributed by atoms with Crippen LogP contribution in [0.25, 0.3) is 0 Å². The van der Waals surface area contributed by atoms with Crippen LogP contribution in [0.15, 0.2) is 18.5 Å². The van der Waals surface area contributed by atoms with Gasteiger partial charge in [-0.3, -0.25) is 9.88 Å². The van der Waals surface area contributed by atoms with Crippen molar-refractivity contribution >= 4 is 5.69 Å². The van der Waals surface area contributed by atoms with E-state index in [2.05, 4.69) is 22.2 Å². The Morgan fingerprint density at radius 3 is 2.52 bits per heavy atom. The van der Waals surface area contributed by atoms with Crippen molar-refractivity contribution < 1.29 is 0 Å². The number of piperidine rings is 1. The molecule has 1 aromatic heterocycles. The summed E-state index contributed by atoms with van der Waals surface area (Å²) in [6, 6.07) is 2.21. The second-order valence-electron chi connectivity index (χ2n) is 6.58. The number of nitrogen functional groups attached to an aromatic ring is 1. The Morgan fingerprint density at radius 1 is 1.19 bits per heavy atom. The highest BCUT2D eigenvalue weighted by Crippen LogP contribution is 2.46. The first kappa shape index (κ1) is 14.8. The van der Waals surface area contributed by atoms with Gasteiger partial charge in [-0.05, 0) is 51.9 Å². The van der Waals surface area contributed by atoms with Crippen molar-refractivity contribution in [2.24, 2.45) is 0 Å². The molecule has 21 heavy (non-hydrogen) atoms. The number of nitrogens with one attached hydrogen (secondary N) is 1. The minimum absolute atomic E-state index is 0.228. The highest BCUT2D eigenvalue weighted by Gasteiger charge is 2.46. The van der Waals surface area contributed by atoms with Gasteiger partial charge in [0.05, 0.1) is 6.04 Å². The molecule has 116 valence electrons. The number of hydrogen-bond donors (Lipinski definition) is 2. The van der Waals surface area contributed by atoms with E-state index in [0.29, 0.717) is 0 Å². The van der Waals surface area contributed by atoms with Crippen molar-refractivity contribution in [3.63, 3.8) is 0 Å². The minimum Gasteiger partial charge on any atom is -0.398 e. The predicted molar refractivity (Wildman–Crippen MR) is 87.1 cm³/mol. The third-order valence-corrected chi connectivity index (χ3v) is 5.48. The maximum absolute atomic E-state index is 6.25. The highest BCUT2D eigenvalue weighted by molar-refractivity contribution is 5.47. The van der Waals surface area contributed by atoms with Crippen LogP contribution >= 0.6 is 0 Å². The molecule has 1 unspecified atom stereocenters. The van der Waals surface area contributed by atoms with Gasteiger partial charge in [-0.15, -0.1) is 0 Å². The van der Waals surface area contributed by atoms with E-state index >= 15 is 0 Å². The lowest BCUT2D eigenvalue weighted by Gasteiger charge is -2.48. The molecule has 0 bridgehead atoms. The Morgan fingerprint density at radius 2 is 1.90 bits per heavy atom. The van der Waals surface area contributed by atoms with Crippen LogP contribution in [0, 0.1) is 0 Å². The molecule has 3 rings (SSSR count). The van der Waals surface area contributed by atoms with Gasteiger partial charge in [0.2, 0.25) is 0 Å². The molecule has 2 aliphatic rings. The molecule has 4 nitrogen and oxygen atoms in total. The van der Waals surface area contributed by atoms with Gasteiger partial charge in [-0.1, -0.05) is 19.3 Å². The minimum atomic E-state index is 0.228. The largest absolute Gasteiger partial charge is 0.398 e. The summed E-state index contributed by atoms with van der Waals surface area (Å²) in [5, 5.41) is 3.58. The van der Waals surface area contributed by atoms with E-state index < -0.39 is 0 Å². The van der Waals surface area contributed by atoms with Crippen molar-refractivity contribution in [1.82, 2.24) is 15.2 Å². The van der Waals surface area contributed by atoms with Gasteiger partial charge in [0.25, 0.3) is 0 Å². The number of pyridine rings is 1. The lowest BCUT2D eigenvalue weighted by atomic mass is 9.80. The summed E-state index contributed by atoms with van der Waals surface area (Å²) in [5.41, 5.74) is 8.52. The Hall–Kier alpha value is -1.13. The topological polar surface area (TPSA) is 54.2 Å². The molecule has 0 aromatic carbocycles. The van der Waals surface area contributed by atoms with E-state index in [0.717, 1.165) is 5.69 Å². The summed E-state index contributed by atoms with van der Waals surface area (Å²) in [6.45, 7) is 2.47. The van der Waals surface area contributed by atoms with Crippen LogP contribution in [0.3, 0.4) is 0 Å². The summed E-state index contributed by atoms with van der Waals surface area (Å²) in [7, 11) is 2.07. The average Bonchev–Trinajstić information content (AvgIpc) is 3.01. The van der Waals surface area contributed by atoms with Gasteiger partial charge < -0.3 is 11.1 Å². The van der Waals surface area contributed by atoms with Gasteiger partial charge in [0, 0.05) is 29.2 Å². The fraction of sp³-hybridized carbons (Fsp3) is 0.706. The maximum atomic E-state index is 6.25. The van der Waals surface area contributed by atoms with Crippen molar-refractivity contribution in [2.45, 2.75) is 56.5 Å². The van der Waals surface area contributed by atoms with Gasteiger partial charge in [0.15, 0.2) is 0 Å². The first-order valence-electron chi connectivity index (χ1n) is 8.39. The molecule has 1 aliphatic carbocycles. The molecular formula is C17H28N4. The van der Waals surface area contributed by atoms with Gasteiger partial charge >= 0.3 is 0 Å². The van der Waals surface area contributed by atoms with Crippen LogP contribution in [0.2, 0.25) is 0 Å². The van der Waals surface area contributed by atoms with Crippen LogP contribution in [0.1, 0.15) is 56.6 Å². The van der Waals surface area contributed by atoms with Gasteiger partial charge in [-0.2, -0.15) is 0 Å². The first-order valence-corrected chi connectivity index (χ1v) is 8.39. The third-order valence-electron chi connectivity index (χ3n) is 5.48. The second kappa shape index (κ2) is 6.32. The van der Waals surface area contributed by atoms with E-state index in [1.807, 2.05) is 12.3 Å². The number of rotatable bonds is 4. The molecule has 1 atom stereocenters. The standard InChI is InChI=1S/C17H28N4/c1-19-16(14-13-20-10-7-15(14)18)17(8-3-4-9-17)21-11-5-2-6-12-21/h7,10,13,16,19H,2-6,8-9,11-12H2,1H3,(H2,18,20). The number of anilines is 1. The summed E-state index contributed by atoms with van der Waals surface area (Å²) in [4.78, 5) is 7.07. The highest BCUT2D eigenvalue weighted by atomic mass is 15.2. The summed E-state index contributed by atoms with van der Waals surface area (Å²) < 4.78 is 0. The first-order chi connectivity index (χ1) is 10.3. The zero-order valence-electron chi connectivity index (χ0n) is 13.1. The van der Waals surface area contributed by atoms with Crippen molar-refractivity contribution in [3.05, 3.63) is 24.0 Å². The quantitative estimate of drug-likeness (QED) is 0.894. The lowest BCUT2D eigenvalue weighted by molar-refractivity contribution is 0.0385. The number of nitrogens with two attached hydrogens (primary N) is 1. The molecule has 0 radical (unpaired) electrons. The predicted octanol–water partition coefficient (Wildman–Crippen LogP) is 2.72. The van der Waals surface area contributed by atoms with Crippen LogP contribution in [0.5, 0.6) is 0 Å². The third kappa shape index (κ3) is 2.67. The molecular weight excluding hydrogens is 260 g/mol. The van der Waals surface area contributed by atoms with Crippen molar-refractivity contribution in [3.8, 4) is 0 Å². The monoisotopic (exact) mass is 288 g/mol. The van der Waals surface area contributed by atoms with Crippen LogP contribution < -0.4 is 11.1 Å². The maximum Gasteiger partial charge on any atom is 0.0540 e. The van der Waals surface area contributed by atoms with Crippen LogP contribution in [-0.2, 0) is 0 Å². The number of likely N-dealkylation sites (tertiary alicyclic amines) is 1. The molecule has 1 saturated carbocycles. The number of likely N-dealkylation sites (N-methyl/N-ethyl adjacent to an activating group) is 1. The van der Waals surface area contributed by atoms with Crippen molar-refractivity contribution in [2.75, 3.05) is 25.9 Å². The molecule has 2 fully saturated rings. The average molecular weight is 288 g/mol. The zero-order chi connectivity index (χ0) is 14.7. The SMILES string of the molecule is CNC(c1cnccc1N)C1(N2CCCCC2)CCCC1. The Labute approximate surface area is 128 Å². The zero-order valence-corrected chi connectivity index (χ0v) is 13.1. The number of hydrogen-bond acceptors (Lipinski definition) is 4. The normalized spacial score (nSPS) is 24.0. The van der Waals surface area contributed by atoms with E-state index in [9.17, 15) is 0 Å². The molecule has 1 aromatic rings. The molecule has 3 N–H and O–H groups in total. The molecule has 1 aliphatic heterocycles. The van der Waals surface area contributed by atoms with E-state index in [1.165, 1.54) is 63.6 Å². The fourth-order valence-corrected chi connectivity index (χ4v) is 4.49. The van der Waals surface area contributed by atoms with E-state index in [-0.39, 0.29) is 11.6 Å². The fourth-order valence-electron chi connectivity index (χ4n) is 4.49. The molecule has 0 spiro atoms.